The molecule has 114 valence electrons. The number of nitrogens with zero attached hydrogens (tertiary/aromatic N) is 1. The first-order valence-electron chi connectivity index (χ1n) is 7.25. The van der Waals surface area contributed by atoms with E-state index in [-0.39, 0.29) is 5.56 Å². The minimum Gasteiger partial charge on any atom is -0.370 e. The van der Waals surface area contributed by atoms with Crippen molar-refractivity contribution < 1.29 is 13.6 Å². The first-order chi connectivity index (χ1) is 10.6. The third kappa shape index (κ3) is 2.93. The van der Waals surface area contributed by atoms with Gasteiger partial charge in [0.05, 0.1) is 16.9 Å². The van der Waals surface area contributed by atoms with Gasteiger partial charge in [-0.15, -0.1) is 0 Å². The van der Waals surface area contributed by atoms with E-state index in [1.54, 1.807) is 6.07 Å². The molecule has 1 fully saturated rings. The predicted octanol–water partition coefficient (Wildman–Crippen LogP) is 3.82. The molecule has 1 N–H and O–H groups in total. The van der Waals surface area contributed by atoms with E-state index in [0.717, 1.165) is 43.8 Å². The Hall–Kier alpha value is -2.43. The smallest absolute Gasteiger partial charge is 0.258 e. The number of para-hydroxylation sites is 2. The molecular weight excluding hydrogens is 286 g/mol. The average molecular weight is 302 g/mol. The minimum atomic E-state index is -0.865. The van der Waals surface area contributed by atoms with Gasteiger partial charge in [-0.25, -0.2) is 8.78 Å². The molecule has 22 heavy (non-hydrogen) atoms. The molecule has 0 saturated carbocycles. The molecule has 0 bridgehead atoms. The SMILES string of the molecule is O=C(Nc1ccccc1N1CCCC1)c1ccc(F)cc1F. The van der Waals surface area contributed by atoms with E-state index in [4.69, 9.17) is 0 Å². The molecule has 2 aromatic carbocycles. The summed E-state index contributed by atoms with van der Waals surface area (Å²) in [6, 6.07) is 10.4. The summed E-state index contributed by atoms with van der Waals surface area (Å²) >= 11 is 0. The van der Waals surface area contributed by atoms with Crippen LogP contribution in [0.5, 0.6) is 0 Å². The van der Waals surface area contributed by atoms with Crippen LogP contribution in [0.1, 0.15) is 23.2 Å². The highest BCUT2D eigenvalue weighted by molar-refractivity contribution is 6.06. The summed E-state index contributed by atoms with van der Waals surface area (Å²) in [5, 5.41) is 2.72. The predicted molar refractivity (Wildman–Crippen MR) is 82.2 cm³/mol. The molecule has 2 aromatic rings. The third-order valence-corrected chi connectivity index (χ3v) is 3.77. The summed E-state index contributed by atoms with van der Waals surface area (Å²) < 4.78 is 26.6. The van der Waals surface area contributed by atoms with E-state index in [0.29, 0.717) is 11.8 Å². The molecule has 3 rings (SSSR count). The van der Waals surface area contributed by atoms with Crippen LogP contribution in [0.3, 0.4) is 0 Å². The number of rotatable bonds is 3. The molecule has 0 spiro atoms. The fourth-order valence-corrected chi connectivity index (χ4v) is 2.68. The van der Waals surface area contributed by atoms with Gasteiger partial charge in [-0.05, 0) is 37.1 Å². The topological polar surface area (TPSA) is 32.3 Å². The van der Waals surface area contributed by atoms with Gasteiger partial charge in [0, 0.05) is 19.2 Å². The van der Waals surface area contributed by atoms with E-state index in [1.165, 1.54) is 0 Å². The Morgan fingerprint density at radius 1 is 1.05 bits per heavy atom. The number of nitrogens with one attached hydrogen (secondary N) is 1. The van der Waals surface area contributed by atoms with Gasteiger partial charge in [0.15, 0.2) is 0 Å². The van der Waals surface area contributed by atoms with Crippen molar-refractivity contribution in [1.29, 1.82) is 0 Å². The Balaban J connectivity index is 1.85. The second-order valence-electron chi connectivity index (χ2n) is 5.29. The molecule has 1 heterocycles. The largest absolute Gasteiger partial charge is 0.370 e. The highest BCUT2D eigenvalue weighted by Crippen LogP contribution is 2.29. The average Bonchev–Trinajstić information content (AvgIpc) is 3.01. The minimum absolute atomic E-state index is 0.169. The molecule has 0 aromatic heterocycles. The Labute approximate surface area is 127 Å². The van der Waals surface area contributed by atoms with Gasteiger partial charge < -0.3 is 10.2 Å². The summed E-state index contributed by atoms with van der Waals surface area (Å²) in [6.45, 7) is 1.88. The Kier molecular flexibility index (Phi) is 4.04. The number of carbonyl (C=O) groups excluding carboxylic acids is 1. The van der Waals surface area contributed by atoms with Gasteiger partial charge in [0.25, 0.3) is 5.91 Å². The zero-order chi connectivity index (χ0) is 15.5. The van der Waals surface area contributed by atoms with Gasteiger partial charge >= 0.3 is 0 Å². The van der Waals surface area contributed by atoms with Crippen LogP contribution in [0.25, 0.3) is 0 Å². The molecule has 1 amide bonds. The maximum absolute atomic E-state index is 13.7. The van der Waals surface area contributed by atoms with E-state index in [2.05, 4.69) is 10.2 Å². The maximum Gasteiger partial charge on any atom is 0.258 e. The number of hydrogen-bond donors (Lipinski definition) is 1. The Morgan fingerprint density at radius 2 is 1.77 bits per heavy atom. The maximum atomic E-state index is 13.7. The molecule has 1 aliphatic rings. The van der Waals surface area contributed by atoms with Gasteiger partial charge in [-0.1, -0.05) is 12.1 Å². The molecule has 0 aliphatic carbocycles. The summed E-state index contributed by atoms with van der Waals surface area (Å²) in [5.41, 5.74) is 1.40. The van der Waals surface area contributed by atoms with Crippen LogP contribution < -0.4 is 10.2 Å². The van der Waals surface area contributed by atoms with Crippen molar-refractivity contribution in [2.24, 2.45) is 0 Å². The lowest BCUT2D eigenvalue weighted by molar-refractivity contribution is 0.102. The zero-order valence-electron chi connectivity index (χ0n) is 12.0. The van der Waals surface area contributed by atoms with Crippen LogP contribution >= 0.6 is 0 Å². The highest BCUT2D eigenvalue weighted by Gasteiger charge is 2.18. The zero-order valence-corrected chi connectivity index (χ0v) is 12.0. The molecule has 0 unspecified atom stereocenters. The van der Waals surface area contributed by atoms with Crippen LogP contribution in [-0.2, 0) is 0 Å². The van der Waals surface area contributed by atoms with Crippen LogP contribution in [0.15, 0.2) is 42.5 Å². The summed E-state index contributed by atoms with van der Waals surface area (Å²) in [7, 11) is 0. The van der Waals surface area contributed by atoms with Gasteiger partial charge in [0.2, 0.25) is 0 Å². The van der Waals surface area contributed by atoms with Gasteiger partial charge in [0.1, 0.15) is 11.6 Å². The fourth-order valence-electron chi connectivity index (χ4n) is 2.68. The second-order valence-corrected chi connectivity index (χ2v) is 5.29. The number of carbonyl (C=O) groups is 1. The lowest BCUT2D eigenvalue weighted by Crippen LogP contribution is -2.21. The summed E-state index contributed by atoms with van der Waals surface area (Å²) in [5.74, 6) is -2.15. The lowest BCUT2D eigenvalue weighted by Gasteiger charge is -2.21. The summed E-state index contributed by atoms with van der Waals surface area (Å²) in [6.07, 6.45) is 2.24. The molecule has 3 nitrogen and oxygen atoms in total. The van der Waals surface area contributed by atoms with E-state index in [1.807, 2.05) is 18.2 Å². The van der Waals surface area contributed by atoms with Gasteiger partial charge in [-0.2, -0.15) is 0 Å². The van der Waals surface area contributed by atoms with Crippen molar-refractivity contribution in [3.8, 4) is 0 Å². The molecule has 0 radical (unpaired) electrons. The monoisotopic (exact) mass is 302 g/mol. The molecule has 0 atom stereocenters. The fraction of sp³-hybridized carbons (Fsp3) is 0.235. The van der Waals surface area contributed by atoms with Crippen molar-refractivity contribution >= 4 is 17.3 Å². The number of anilines is 2. The van der Waals surface area contributed by atoms with Crippen molar-refractivity contribution in [1.82, 2.24) is 0 Å². The van der Waals surface area contributed by atoms with E-state index < -0.39 is 17.5 Å². The third-order valence-electron chi connectivity index (χ3n) is 3.77. The van der Waals surface area contributed by atoms with Crippen LogP contribution in [0, 0.1) is 11.6 Å². The van der Waals surface area contributed by atoms with Crippen molar-refractivity contribution in [2.45, 2.75) is 12.8 Å². The number of hydrogen-bond acceptors (Lipinski definition) is 2. The second kappa shape index (κ2) is 6.13. The first kappa shape index (κ1) is 14.5. The van der Waals surface area contributed by atoms with Crippen LogP contribution in [-0.4, -0.2) is 19.0 Å². The van der Waals surface area contributed by atoms with Crippen molar-refractivity contribution in [3.63, 3.8) is 0 Å². The molecule has 5 heteroatoms. The lowest BCUT2D eigenvalue weighted by atomic mass is 10.1. The molecular formula is C17H16F2N2O. The standard InChI is InChI=1S/C17H16F2N2O/c18-12-7-8-13(14(19)11-12)17(22)20-15-5-1-2-6-16(15)21-9-3-4-10-21/h1-2,5-8,11H,3-4,9-10H2,(H,20,22). The normalized spacial score (nSPS) is 14.2. The van der Waals surface area contributed by atoms with E-state index in [9.17, 15) is 13.6 Å². The Morgan fingerprint density at radius 3 is 2.50 bits per heavy atom. The first-order valence-corrected chi connectivity index (χ1v) is 7.25. The van der Waals surface area contributed by atoms with E-state index >= 15 is 0 Å². The number of amides is 1. The Bertz CT molecular complexity index is 697. The van der Waals surface area contributed by atoms with Gasteiger partial charge in [-0.3, -0.25) is 4.79 Å². The van der Waals surface area contributed by atoms with Crippen molar-refractivity contribution in [3.05, 3.63) is 59.7 Å². The molecule has 1 saturated heterocycles. The molecule has 1 aliphatic heterocycles. The summed E-state index contributed by atoms with van der Waals surface area (Å²) in [4.78, 5) is 14.4. The highest BCUT2D eigenvalue weighted by atomic mass is 19.1. The quantitative estimate of drug-likeness (QED) is 0.935. The number of benzene rings is 2. The van der Waals surface area contributed by atoms with Crippen LogP contribution in [0.4, 0.5) is 20.2 Å². The van der Waals surface area contributed by atoms with Crippen LogP contribution in [0.2, 0.25) is 0 Å². The number of halogens is 2. The van der Waals surface area contributed by atoms with Crippen molar-refractivity contribution in [2.75, 3.05) is 23.3 Å².